The van der Waals surface area contributed by atoms with Crippen LogP contribution in [-0.2, 0) is 11.3 Å². The topological polar surface area (TPSA) is 75.1 Å². The van der Waals surface area contributed by atoms with Gasteiger partial charge >= 0.3 is 5.97 Å². The molecule has 0 unspecified atom stereocenters. The highest BCUT2D eigenvalue weighted by Crippen LogP contribution is 2.15. The molecule has 0 amide bonds. The Morgan fingerprint density at radius 1 is 1.16 bits per heavy atom. The number of ether oxygens (including phenoxy) is 1. The second kappa shape index (κ2) is 6.23. The van der Waals surface area contributed by atoms with E-state index in [0.717, 1.165) is 5.56 Å². The fourth-order valence-corrected chi connectivity index (χ4v) is 1.55. The van der Waals surface area contributed by atoms with Gasteiger partial charge in [0.15, 0.2) is 0 Å². The van der Waals surface area contributed by atoms with Crippen molar-refractivity contribution in [2.75, 3.05) is 0 Å². The van der Waals surface area contributed by atoms with Crippen molar-refractivity contribution in [1.82, 2.24) is 0 Å². The summed E-state index contributed by atoms with van der Waals surface area (Å²) < 4.78 is 5.17. The molecule has 0 bridgehead atoms. The molecule has 0 aliphatic carbocycles. The zero-order valence-electron chi connectivity index (χ0n) is 10.1. The predicted molar refractivity (Wildman–Crippen MR) is 70.8 cm³/mol. The number of azide groups is 1. The Kier molecular flexibility index (Phi) is 4.16. The van der Waals surface area contributed by atoms with Crippen molar-refractivity contribution in [2.24, 2.45) is 5.11 Å². The molecule has 94 valence electrons. The minimum absolute atomic E-state index is 0.214. The van der Waals surface area contributed by atoms with Crippen molar-refractivity contribution in [3.8, 4) is 0 Å². The van der Waals surface area contributed by atoms with E-state index in [1.807, 2.05) is 30.3 Å². The number of esters is 1. The van der Waals surface area contributed by atoms with Crippen LogP contribution in [0.3, 0.4) is 0 Å². The highest BCUT2D eigenvalue weighted by atomic mass is 16.5. The van der Waals surface area contributed by atoms with Gasteiger partial charge in [0.05, 0.1) is 5.56 Å². The van der Waals surface area contributed by atoms with Crippen molar-refractivity contribution in [3.63, 3.8) is 0 Å². The highest BCUT2D eigenvalue weighted by Gasteiger charge is 2.07. The number of hydrogen-bond acceptors (Lipinski definition) is 3. The molecule has 0 radical (unpaired) electrons. The molecule has 0 saturated carbocycles. The summed E-state index contributed by atoms with van der Waals surface area (Å²) in [6, 6.07) is 15.8. The summed E-state index contributed by atoms with van der Waals surface area (Å²) >= 11 is 0. The van der Waals surface area contributed by atoms with E-state index < -0.39 is 5.97 Å². The van der Waals surface area contributed by atoms with Crippen molar-refractivity contribution in [2.45, 2.75) is 6.61 Å². The van der Waals surface area contributed by atoms with Crippen LogP contribution in [0, 0.1) is 0 Å². The van der Waals surface area contributed by atoms with Crippen molar-refractivity contribution in [1.29, 1.82) is 0 Å². The van der Waals surface area contributed by atoms with Crippen LogP contribution in [-0.4, -0.2) is 5.97 Å². The fraction of sp³-hybridized carbons (Fsp3) is 0.0714. The Labute approximate surface area is 110 Å². The number of rotatable bonds is 4. The molecule has 2 aromatic carbocycles. The van der Waals surface area contributed by atoms with Gasteiger partial charge in [-0.15, -0.1) is 0 Å². The van der Waals surface area contributed by atoms with Gasteiger partial charge in [-0.3, -0.25) is 0 Å². The van der Waals surface area contributed by atoms with E-state index in [4.69, 9.17) is 10.3 Å². The maximum atomic E-state index is 11.8. The summed E-state index contributed by atoms with van der Waals surface area (Å²) in [5.74, 6) is -0.446. The number of carbonyl (C=O) groups is 1. The van der Waals surface area contributed by atoms with Crippen LogP contribution in [0.25, 0.3) is 10.4 Å². The number of hydrogen-bond donors (Lipinski definition) is 0. The zero-order chi connectivity index (χ0) is 13.5. The lowest BCUT2D eigenvalue weighted by Gasteiger charge is -2.05. The Balaban J connectivity index is 2.04. The molecule has 0 aliphatic heterocycles. The molecule has 0 atom stereocenters. The third-order valence-corrected chi connectivity index (χ3v) is 2.45. The second-order valence-corrected chi connectivity index (χ2v) is 3.80. The molecule has 0 aliphatic rings. The summed E-state index contributed by atoms with van der Waals surface area (Å²) in [5.41, 5.74) is 10.0. The Hall–Kier alpha value is -2.78. The number of benzene rings is 2. The standard InChI is InChI=1S/C14H11N3O2/c15-17-16-13-8-4-7-12(9-13)14(18)19-10-11-5-2-1-3-6-11/h1-9H,10H2. The van der Waals surface area contributed by atoms with Crippen LogP contribution in [0.2, 0.25) is 0 Å². The predicted octanol–water partition coefficient (Wildman–Crippen LogP) is 3.99. The molecule has 2 aromatic rings. The van der Waals surface area contributed by atoms with Gasteiger partial charge in [-0.05, 0) is 23.2 Å². The molecule has 0 N–H and O–H groups in total. The molecule has 5 heteroatoms. The van der Waals surface area contributed by atoms with Gasteiger partial charge in [0, 0.05) is 10.6 Å². The van der Waals surface area contributed by atoms with E-state index in [1.54, 1.807) is 18.2 Å². The summed E-state index contributed by atoms with van der Waals surface area (Å²) in [5, 5.41) is 3.44. The van der Waals surface area contributed by atoms with E-state index >= 15 is 0 Å². The quantitative estimate of drug-likeness (QED) is 0.357. The molecule has 5 nitrogen and oxygen atoms in total. The van der Waals surface area contributed by atoms with Gasteiger partial charge in [0.25, 0.3) is 0 Å². The maximum Gasteiger partial charge on any atom is 0.338 e. The van der Waals surface area contributed by atoms with Gasteiger partial charge in [-0.1, -0.05) is 47.6 Å². The number of carbonyl (C=O) groups excluding carboxylic acids is 1. The monoisotopic (exact) mass is 253 g/mol. The largest absolute Gasteiger partial charge is 0.457 e. The normalized spacial score (nSPS) is 9.47. The molecule has 0 saturated heterocycles. The smallest absolute Gasteiger partial charge is 0.338 e. The first kappa shape index (κ1) is 12.7. The molecule has 0 aromatic heterocycles. The molecule has 19 heavy (non-hydrogen) atoms. The lowest BCUT2D eigenvalue weighted by molar-refractivity contribution is 0.0473. The van der Waals surface area contributed by atoms with Crippen molar-refractivity contribution < 1.29 is 9.53 Å². The molecule has 0 spiro atoms. The van der Waals surface area contributed by atoms with E-state index in [0.29, 0.717) is 11.3 Å². The Morgan fingerprint density at radius 2 is 1.95 bits per heavy atom. The SMILES string of the molecule is [N-]=[N+]=Nc1cccc(C(=O)OCc2ccccc2)c1. The summed E-state index contributed by atoms with van der Waals surface area (Å²) in [6.07, 6.45) is 0. The Bertz CT molecular complexity index is 620. The zero-order valence-corrected chi connectivity index (χ0v) is 10.1. The molecule has 2 rings (SSSR count). The Morgan fingerprint density at radius 3 is 2.68 bits per heavy atom. The lowest BCUT2D eigenvalue weighted by Crippen LogP contribution is -2.04. The third kappa shape index (κ3) is 3.59. The minimum Gasteiger partial charge on any atom is -0.457 e. The molecular formula is C14H11N3O2. The van der Waals surface area contributed by atoms with E-state index in [2.05, 4.69) is 10.0 Å². The first-order valence-corrected chi connectivity index (χ1v) is 5.66. The van der Waals surface area contributed by atoms with Crippen LogP contribution >= 0.6 is 0 Å². The minimum atomic E-state index is -0.446. The van der Waals surface area contributed by atoms with Gasteiger partial charge in [-0.25, -0.2) is 4.79 Å². The van der Waals surface area contributed by atoms with Crippen molar-refractivity contribution >= 4 is 11.7 Å². The molecule has 0 fully saturated rings. The van der Waals surface area contributed by atoms with E-state index in [9.17, 15) is 4.79 Å². The van der Waals surface area contributed by atoms with E-state index in [-0.39, 0.29) is 6.61 Å². The summed E-state index contributed by atoms with van der Waals surface area (Å²) in [6.45, 7) is 0.214. The summed E-state index contributed by atoms with van der Waals surface area (Å²) in [7, 11) is 0. The average molecular weight is 253 g/mol. The van der Waals surface area contributed by atoms with Gasteiger partial charge < -0.3 is 4.74 Å². The first-order valence-electron chi connectivity index (χ1n) is 5.66. The van der Waals surface area contributed by atoms with Crippen LogP contribution in [0.1, 0.15) is 15.9 Å². The number of nitrogens with zero attached hydrogens (tertiary/aromatic N) is 3. The second-order valence-electron chi connectivity index (χ2n) is 3.80. The maximum absolute atomic E-state index is 11.8. The highest BCUT2D eigenvalue weighted by molar-refractivity contribution is 5.90. The van der Waals surface area contributed by atoms with Crippen LogP contribution in [0.4, 0.5) is 5.69 Å². The van der Waals surface area contributed by atoms with Gasteiger partial charge in [0.2, 0.25) is 0 Å². The summed E-state index contributed by atoms with van der Waals surface area (Å²) in [4.78, 5) is 14.5. The third-order valence-electron chi connectivity index (χ3n) is 2.45. The van der Waals surface area contributed by atoms with E-state index in [1.165, 1.54) is 6.07 Å². The molecule has 0 heterocycles. The average Bonchev–Trinajstić information content (AvgIpc) is 2.46. The van der Waals surface area contributed by atoms with Gasteiger partial charge in [-0.2, -0.15) is 0 Å². The lowest BCUT2D eigenvalue weighted by atomic mass is 10.2. The van der Waals surface area contributed by atoms with Crippen LogP contribution in [0.5, 0.6) is 0 Å². The fourth-order valence-electron chi connectivity index (χ4n) is 1.55. The van der Waals surface area contributed by atoms with Crippen molar-refractivity contribution in [3.05, 3.63) is 76.2 Å². The van der Waals surface area contributed by atoms with Gasteiger partial charge in [0.1, 0.15) is 6.61 Å². The van der Waals surface area contributed by atoms with Crippen LogP contribution < -0.4 is 0 Å². The molecular weight excluding hydrogens is 242 g/mol. The van der Waals surface area contributed by atoms with Crippen LogP contribution in [0.15, 0.2) is 59.7 Å². The first-order chi connectivity index (χ1) is 9.29.